The van der Waals surface area contributed by atoms with E-state index in [2.05, 4.69) is 0 Å². The number of allylic oxidation sites excluding steroid dienone is 1. The second kappa shape index (κ2) is 6.12. The summed E-state index contributed by atoms with van der Waals surface area (Å²) in [4.78, 5) is 12.4. The largest absolute Gasteiger partial charge is 0.294 e. The van der Waals surface area contributed by atoms with Crippen LogP contribution in [0, 0.1) is 12.8 Å². The molecule has 1 aromatic rings. The van der Waals surface area contributed by atoms with E-state index >= 15 is 0 Å². The Labute approximate surface area is 126 Å². The standard InChI is InChI=1S/C16H21NO3S/c1-4-14-9-10-17(11-13(3)16(14)18)21(19,20)15-7-5-12(2)6-8-15/h4-8,13H,9-11H2,1-3H3/b14-4-/t13-/m1/s1. The summed E-state index contributed by atoms with van der Waals surface area (Å²) in [6, 6.07) is 6.82. The topological polar surface area (TPSA) is 54.5 Å². The lowest BCUT2D eigenvalue weighted by molar-refractivity contribution is -0.118. The van der Waals surface area contributed by atoms with E-state index in [-0.39, 0.29) is 23.1 Å². The van der Waals surface area contributed by atoms with E-state index in [1.807, 2.05) is 13.8 Å². The molecule has 0 spiro atoms. The summed E-state index contributed by atoms with van der Waals surface area (Å²) in [7, 11) is -3.54. The summed E-state index contributed by atoms with van der Waals surface area (Å²) in [6.45, 7) is 6.12. The number of nitrogens with zero attached hydrogens (tertiary/aromatic N) is 1. The minimum absolute atomic E-state index is 0.0547. The zero-order valence-corrected chi connectivity index (χ0v) is 13.5. The molecule has 5 heteroatoms. The second-order valence-corrected chi connectivity index (χ2v) is 7.44. The minimum atomic E-state index is -3.54. The first kappa shape index (κ1) is 15.9. The Morgan fingerprint density at radius 3 is 2.43 bits per heavy atom. The van der Waals surface area contributed by atoms with Gasteiger partial charge in [0.05, 0.1) is 4.90 Å². The average Bonchev–Trinajstić information content (AvgIpc) is 2.60. The Morgan fingerprint density at radius 2 is 1.86 bits per heavy atom. The highest BCUT2D eigenvalue weighted by molar-refractivity contribution is 7.89. The molecule has 0 aliphatic carbocycles. The molecule has 0 aromatic heterocycles. The number of carbonyl (C=O) groups is 1. The molecule has 1 aliphatic heterocycles. The lowest BCUT2D eigenvalue weighted by Gasteiger charge is -2.21. The molecule has 2 rings (SSSR count). The summed E-state index contributed by atoms with van der Waals surface area (Å²) < 4.78 is 26.8. The molecule has 1 heterocycles. The van der Waals surface area contributed by atoms with Crippen molar-refractivity contribution in [3.63, 3.8) is 0 Å². The molecule has 114 valence electrons. The second-order valence-electron chi connectivity index (χ2n) is 5.51. The summed E-state index contributed by atoms with van der Waals surface area (Å²) in [5.74, 6) is -0.252. The van der Waals surface area contributed by atoms with E-state index in [1.165, 1.54) is 4.31 Å². The predicted octanol–water partition coefficient (Wildman–Crippen LogP) is 2.54. The van der Waals surface area contributed by atoms with Gasteiger partial charge >= 0.3 is 0 Å². The number of hydrogen-bond donors (Lipinski definition) is 0. The van der Waals surface area contributed by atoms with Crippen LogP contribution in [0.1, 0.15) is 25.8 Å². The molecule has 0 bridgehead atoms. The fourth-order valence-electron chi connectivity index (χ4n) is 2.53. The van der Waals surface area contributed by atoms with E-state index in [1.54, 1.807) is 37.3 Å². The molecule has 1 aromatic carbocycles. The third-order valence-corrected chi connectivity index (χ3v) is 5.76. The van der Waals surface area contributed by atoms with Crippen LogP contribution in [0.2, 0.25) is 0 Å². The summed E-state index contributed by atoms with van der Waals surface area (Å²) >= 11 is 0. The van der Waals surface area contributed by atoms with Crippen molar-refractivity contribution in [2.45, 2.75) is 32.1 Å². The maximum atomic E-state index is 12.7. The fraction of sp³-hybridized carbons (Fsp3) is 0.438. The van der Waals surface area contributed by atoms with Crippen LogP contribution in [-0.2, 0) is 14.8 Å². The van der Waals surface area contributed by atoms with Crippen molar-refractivity contribution in [1.29, 1.82) is 0 Å². The maximum Gasteiger partial charge on any atom is 0.243 e. The quantitative estimate of drug-likeness (QED) is 0.789. The van der Waals surface area contributed by atoms with Gasteiger partial charge in [-0.2, -0.15) is 4.31 Å². The number of Topliss-reactive ketones (excluding diaryl/α,β-unsaturated/α-hetero) is 1. The van der Waals surface area contributed by atoms with Crippen LogP contribution in [-0.4, -0.2) is 31.6 Å². The van der Waals surface area contributed by atoms with Crippen LogP contribution in [0.5, 0.6) is 0 Å². The third-order valence-electron chi connectivity index (χ3n) is 3.88. The molecule has 0 radical (unpaired) electrons. The smallest absolute Gasteiger partial charge is 0.243 e. The number of aryl methyl sites for hydroxylation is 1. The van der Waals surface area contributed by atoms with Crippen LogP contribution < -0.4 is 0 Å². The monoisotopic (exact) mass is 307 g/mol. The Bertz CT molecular complexity index is 659. The fourth-order valence-corrected chi connectivity index (χ4v) is 4.06. The molecule has 1 fully saturated rings. The zero-order valence-electron chi connectivity index (χ0n) is 12.7. The van der Waals surface area contributed by atoms with Gasteiger partial charge in [-0.25, -0.2) is 8.42 Å². The third kappa shape index (κ3) is 3.24. The van der Waals surface area contributed by atoms with E-state index in [9.17, 15) is 13.2 Å². The van der Waals surface area contributed by atoms with Crippen molar-refractivity contribution < 1.29 is 13.2 Å². The summed E-state index contributed by atoms with van der Waals surface area (Å²) in [6.07, 6.45) is 2.27. The van der Waals surface area contributed by atoms with Crippen LogP contribution in [0.25, 0.3) is 0 Å². The van der Waals surface area contributed by atoms with Gasteiger partial charge in [-0.3, -0.25) is 4.79 Å². The van der Waals surface area contributed by atoms with E-state index in [0.29, 0.717) is 13.0 Å². The number of ketones is 1. The number of carbonyl (C=O) groups excluding carboxylic acids is 1. The lowest BCUT2D eigenvalue weighted by atomic mass is 9.99. The highest BCUT2D eigenvalue weighted by atomic mass is 32.2. The van der Waals surface area contributed by atoms with Gasteiger partial charge in [-0.05, 0) is 38.0 Å². The van der Waals surface area contributed by atoms with Gasteiger partial charge in [-0.15, -0.1) is 0 Å². The van der Waals surface area contributed by atoms with E-state index in [4.69, 9.17) is 0 Å². The molecule has 0 N–H and O–H groups in total. The predicted molar refractivity (Wildman–Crippen MR) is 82.5 cm³/mol. The molecule has 1 saturated heterocycles. The molecular weight excluding hydrogens is 286 g/mol. The molecular formula is C16H21NO3S. The highest BCUT2D eigenvalue weighted by Crippen LogP contribution is 2.24. The van der Waals surface area contributed by atoms with E-state index < -0.39 is 10.0 Å². The first-order valence-corrected chi connectivity index (χ1v) is 8.56. The van der Waals surface area contributed by atoms with Crippen molar-refractivity contribution in [2.75, 3.05) is 13.1 Å². The normalized spacial score (nSPS) is 23.3. The van der Waals surface area contributed by atoms with Gasteiger partial charge in [0, 0.05) is 19.0 Å². The van der Waals surface area contributed by atoms with E-state index in [0.717, 1.165) is 11.1 Å². The molecule has 1 aliphatic rings. The zero-order chi connectivity index (χ0) is 15.6. The highest BCUT2D eigenvalue weighted by Gasteiger charge is 2.32. The van der Waals surface area contributed by atoms with Gasteiger partial charge < -0.3 is 0 Å². The van der Waals surface area contributed by atoms with Crippen molar-refractivity contribution in [3.8, 4) is 0 Å². The Kier molecular flexibility index (Phi) is 4.64. The first-order chi connectivity index (χ1) is 9.86. The average molecular weight is 307 g/mol. The van der Waals surface area contributed by atoms with Crippen molar-refractivity contribution in [2.24, 2.45) is 5.92 Å². The number of hydrogen-bond acceptors (Lipinski definition) is 3. The Hall–Kier alpha value is -1.46. The molecule has 1 atom stereocenters. The summed E-state index contributed by atoms with van der Waals surface area (Å²) in [5, 5.41) is 0. The lowest BCUT2D eigenvalue weighted by Crippen LogP contribution is -2.35. The van der Waals surface area contributed by atoms with Gasteiger partial charge in [0.15, 0.2) is 5.78 Å². The van der Waals surface area contributed by atoms with Gasteiger partial charge in [0.1, 0.15) is 0 Å². The van der Waals surface area contributed by atoms with Crippen LogP contribution in [0.4, 0.5) is 0 Å². The molecule has 21 heavy (non-hydrogen) atoms. The van der Waals surface area contributed by atoms with Gasteiger partial charge in [0.25, 0.3) is 0 Å². The number of benzene rings is 1. The number of sulfonamides is 1. The Morgan fingerprint density at radius 1 is 1.24 bits per heavy atom. The summed E-state index contributed by atoms with van der Waals surface area (Å²) in [5.41, 5.74) is 1.74. The number of rotatable bonds is 2. The maximum absolute atomic E-state index is 12.7. The molecule has 0 amide bonds. The minimum Gasteiger partial charge on any atom is -0.294 e. The van der Waals surface area contributed by atoms with Gasteiger partial charge in [0.2, 0.25) is 10.0 Å². The van der Waals surface area contributed by atoms with Crippen LogP contribution in [0.15, 0.2) is 40.8 Å². The van der Waals surface area contributed by atoms with Crippen LogP contribution in [0.3, 0.4) is 0 Å². The molecule has 0 saturated carbocycles. The van der Waals surface area contributed by atoms with Crippen molar-refractivity contribution in [1.82, 2.24) is 4.31 Å². The van der Waals surface area contributed by atoms with Crippen molar-refractivity contribution in [3.05, 3.63) is 41.5 Å². The SMILES string of the molecule is C/C=C1/CCN(S(=O)(=O)c2ccc(C)cc2)C[C@@H](C)C1=O. The van der Waals surface area contributed by atoms with Gasteiger partial charge in [-0.1, -0.05) is 30.7 Å². The molecule has 0 unspecified atom stereocenters. The first-order valence-electron chi connectivity index (χ1n) is 7.12. The van der Waals surface area contributed by atoms with Crippen molar-refractivity contribution >= 4 is 15.8 Å². The Balaban J connectivity index is 2.32. The molecule has 4 nitrogen and oxygen atoms in total. The van der Waals surface area contributed by atoms with Crippen LogP contribution >= 0.6 is 0 Å².